The van der Waals surface area contributed by atoms with Crippen LogP contribution < -0.4 is 16.2 Å². The number of carbonyl (C=O) groups excluding carboxylic acids is 1. The first-order valence-electron chi connectivity index (χ1n) is 6.17. The molecule has 1 heterocycles. The number of amides is 1. The molecule has 0 aromatic carbocycles. The lowest BCUT2D eigenvalue weighted by molar-refractivity contribution is -0.122. The van der Waals surface area contributed by atoms with Crippen molar-refractivity contribution < 1.29 is 4.79 Å². The number of anilines is 1. The summed E-state index contributed by atoms with van der Waals surface area (Å²) in [4.78, 5) is 23.3. The van der Waals surface area contributed by atoms with Gasteiger partial charge in [-0.15, -0.1) is 0 Å². The van der Waals surface area contributed by atoms with Gasteiger partial charge in [0.15, 0.2) is 0 Å². The maximum Gasteiger partial charge on any atom is 0.269 e. The molecule has 100 valence electrons. The largest absolute Gasteiger partial charge is 0.384 e. The Bertz CT molecular complexity index is 456. The fourth-order valence-electron chi connectivity index (χ4n) is 1.41. The monoisotopic (exact) mass is 252 g/mol. The summed E-state index contributed by atoms with van der Waals surface area (Å²) < 4.78 is 1.15. The topological polar surface area (TPSA) is 76.0 Å². The smallest absolute Gasteiger partial charge is 0.269 e. The van der Waals surface area contributed by atoms with Gasteiger partial charge in [0, 0.05) is 18.7 Å². The van der Waals surface area contributed by atoms with Gasteiger partial charge >= 0.3 is 0 Å². The number of aromatic nitrogens is 2. The molecular formula is C12H20N4O2. The van der Waals surface area contributed by atoms with E-state index in [9.17, 15) is 9.59 Å². The zero-order chi connectivity index (χ0) is 13.5. The van der Waals surface area contributed by atoms with Gasteiger partial charge in [-0.25, -0.2) is 4.68 Å². The molecule has 0 aliphatic carbocycles. The van der Waals surface area contributed by atoms with Crippen molar-refractivity contribution in [1.29, 1.82) is 0 Å². The van der Waals surface area contributed by atoms with Crippen molar-refractivity contribution in [3.63, 3.8) is 0 Å². The molecular weight excluding hydrogens is 232 g/mol. The Balaban J connectivity index is 2.68. The Hall–Kier alpha value is -1.85. The summed E-state index contributed by atoms with van der Waals surface area (Å²) in [6.45, 7) is 6.52. The molecule has 1 unspecified atom stereocenters. The van der Waals surface area contributed by atoms with Crippen molar-refractivity contribution in [1.82, 2.24) is 15.1 Å². The normalized spacial score (nSPS) is 11.9. The van der Waals surface area contributed by atoms with Gasteiger partial charge in [-0.1, -0.05) is 6.92 Å². The van der Waals surface area contributed by atoms with E-state index < -0.39 is 0 Å². The van der Waals surface area contributed by atoms with Gasteiger partial charge < -0.3 is 10.6 Å². The van der Waals surface area contributed by atoms with Crippen molar-refractivity contribution in [2.24, 2.45) is 0 Å². The Morgan fingerprint density at radius 1 is 1.50 bits per heavy atom. The molecule has 0 saturated heterocycles. The molecule has 0 aliphatic rings. The van der Waals surface area contributed by atoms with Crippen LogP contribution in [-0.2, 0) is 11.3 Å². The molecule has 0 aliphatic heterocycles. The van der Waals surface area contributed by atoms with Crippen LogP contribution in [0.25, 0.3) is 0 Å². The van der Waals surface area contributed by atoms with Crippen LogP contribution in [0.2, 0.25) is 0 Å². The molecule has 0 radical (unpaired) electrons. The summed E-state index contributed by atoms with van der Waals surface area (Å²) in [5.74, 6) is -0.199. The molecule has 1 aromatic heterocycles. The Morgan fingerprint density at radius 3 is 2.78 bits per heavy atom. The van der Waals surface area contributed by atoms with Crippen LogP contribution in [0.3, 0.4) is 0 Å². The van der Waals surface area contributed by atoms with Gasteiger partial charge in [0.2, 0.25) is 5.91 Å². The second-order valence-corrected chi connectivity index (χ2v) is 4.15. The Kier molecular flexibility index (Phi) is 5.35. The SMILES string of the molecule is CCNc1cnn(CC(=O)NC(C)CC)c(=O)c1. The zero-order valence-electron chi connectivity index (χ0n) is 11.1. The van der Waals surface area contributed by atoms with Crippen LogP contribution in [0.5, 0.6) is 0 Å². The van der Waals surface area contributed by atoms with Gasteiger partial charge in [-0.05, 0) is 20.3 Å². The van der Waals surface area contributed by atoms with Gasteiger partial charge in [0.25, 0.3) is 5.56 Å². The minimum Gasteiger partial charge on any atom is -0.384 e. The van der Waals surface area contributed by atoms with Crippen LogP contribution in [0.15, 0.2) is 17.1 Å². The van der Waals surface area contributed by atoms with Crippen LogP contribution in [0, 0.1) is 0 Å². The van der Waals surface area contributed by atoms with E-state index in [0.29, 0.717) is 5.69 Å². The third-order valence-corrected chi connectivity index (χ3v) is 2.56. The zero-order valence-corrected chi connectivity index (χ0v) is 11.1. The van der Waals surface area contributed by atoms with Crippen molar-refractivity contribution in [2.75, 3.05) is 11.9 Å². The fraction of sp³-hybridized carbons (Fsp3) is 0.583. The van der Waals surface area contributed by atoms with Crippen molar-refractivity contribution >= 4 is 11.6 Å². The standard InChI is InChI=1S/C12H20N4O2/c1-4-9(3)15-11(17)8-16-12(18)6-10(7-14-16)13-5-2/h6-7,9,13H,4-5,8H2,1-3H3,(H,15,17). The Morgan fingerprint density at radius 2 is 2.22 bits per heavy atom. The van der Waals surface area contributed by atoms with E-state index in [0.717, 1.165) is 17.6 Å². The predicted molar refractivity (Wildman–Crippen MR) is 70.6 cm³/mol. The fourth-order valence-corrected chi connectivity index (χ4v) is 1.41. The van der Waals surface area contributed by atoms with E-state index in [4.69, 9.17) is 0 Å². The van der Waals surface area contributed by atoms with Gasteiger partial charge in [-0.3, -0.25) is 9.59 Å². The molecule has 2 N–H and O–H groups in total. The van der Waals surface area contributed by atoms with Gasteiger partial charge in [0.1, 0.15) is 6.54 Å². The number of hydrogen-bond acceptors (Lipinski definition) is 4. The summed E-state index contributed by atoms with van der Waals surface area (Å²) in [5, 5.41) is 9.74. The summed E-state index contributed by atoms with van der Waals surface area (Å²) in [6, 6.07) is 1.54. The number of carbonyl (C=O) groups is 1. The summed E-state index contributed by atoms with van der Waals surface area (Å²) in [6.07, 6.45) is 2.40. The minimum atomic E-state index is -0.284. The van der Waals surface area contributed by atoms with Gasteiger partial charge in [0.05, 0.1) is 11.9 Å². The second-order valence-electron chi connectivity index (χ2n) is 4.15. The molecule has 0 bridgehead atoms. The molecule has 1 amide bonds. The van der Waals surface area contributed by atoms with Crippen LogP contribution in [0.4, 0.5) is 5.69 Å². The van der Waals surface area contributed by atoms with Crippen LogP contribution >= 0.6 is 0 Å². The molecule has 0 fully saturated rings. The summed E-state index contributed by atoms with van der Waals surface area (Å²) in [5.41, 5.74) is 0.383. The minimum absolute atomic E-state index is 0.0461. The number of hydrogen-bond donors (Lipinski definition) is 2. The average Bonchev–Trinajstić information content (AvgIpc) is 2.33. The van der Waals surface area contributed by atoms with Crippen LogP contribution in [0.1, 0.15) is 27.2 Å². The highest BCUT2D eigenvalue weighted by Gasteiger charge is 2.08. The highest BCUT2D eigenvalue weighted by atomic mass is 16.2. The molecule has 1 aromatic rings. The Labute approximate surface area is 106 Å². The molecule has 1 rings (SSSR count). The number of nitrogens with one attached hydrogen (secondary N) is 2. The number of rotatable bonds is 6. The van der Waals surface area contributed by atoms with E-state index >= 15 is 0 Å². The molecule has 0 spiro atoms. The number of nitrogens with zero attached hydrogens (tertiary/aromatic N) is 2. The second kappa shape index (κ2) is 6.78. The van der Waals surface area contributed by atoms with Crippen molar-refractivity contribution in [3.05, 3.63) is 22.6 Å². The lowest BCUT2D eigenvalue weighted by atomic mass is 10.2. The summed E-state index contributed by atoms with van der Waals surface area (Å²) >= 11 is 0. The molecule has 0 saturated carbocycles. The van der Waals surface area contributed by atoms with E-state index in [-0.39, 0.29) is 24.1 Å². The third kappa shape index (κ3) is 4.20. The average molecular weight is 252 g/mol. The first-order chi connectivity index (χ1) is 8.56. The molecule has 1 atom stereocenters. The predicted octanol–water partition coefficient (Wildman–Crippen LogP) is 0.590. The molecule has 6 nitrogen and oxygen atoms in total. The highest BCUT2D eigenvalue weighted by molar-refractivity contribution is 5.75. The summed E-state index contributed by atoms with van der Waals surface area (Å²) in [7, 11) is 0. The molecule has 18 heavy (non-hydrogen) atoms. The first-order valence-corrected chi connectivity index (χ1v) is 6.17. The van der Waals surface area contributed by atoms with E-state index in [1.165, 1.54) is 6.07 Å². The first kappa shape index (κ1) is 14.2. The van der Waals surface area contributed by atoms with Gasteiger partial charge in [-0.2, -0.15) is 5.10 Å². The maximum absolute atomic E-state index is 11.7. The van der Waals surface area contributed by atoms with Crippen molar-refractivity contribution in [3.8, 4) is 0 Å². The maximum atomic E-state index is 11.7. The van der Waals surface area contributed by atoms with Crippen LogP contribution in [-0.4, -0.2) is 28.3 Å². The third-order valence-electron chi connectivity index (χ3n) is 2.56. The lowest BCUT2D eigenvalue weighted by Gasteiger charge is -2.12. The van der Waals surface area contributed by atoms with E-state index in [1.807, 2.05) is 20.8 Å². The highest BCUT2D eigenvalue weighted by Crippen LogP contribution is 1.98. The van der Waals surface area contributed by atoms with Crippen molar-refractivity contribution in [2.45, 2.75) is 39.8 Å². The lowest BCUT2D eigenvalue weighted by Crippen LogP contribution is -2.37. The van der Waals surface area contributed by atoms with E-state index in [2.05, 4.69) is 15.7 Å². The quantitative estimate of drug-likeness (QED) is 0.777. The van der Waals surface area contributed by atoms with E-state index in [1.54, 1.807) is 6.20 Å². The molecule has 6 heteroatoms.